The van der Waals surface area contributed by atoms with Gasteiger partial charge in [0, 0.05) is 31.9 Å². The molecule has 2 radical (unpaired) electrons. The van der Waals surface area contributed by atoms with Gasteiger partial charge < -0.3 is 30.1 Å². The molecule has 2 aliphatic heterocycles. The van der Waals surface area contributed by atoms with Crippen LogP contribution in [-0.4, -0.2) is 103 Å². The molecule has 6 rings (SSSR count). The average Bonchev–Trinajstić information content (AvgIpc) is 3.55. The van der Waals surface area contributed by atoms with Crippen LogP contribution in [0.2, 0.25) is 0 Å². The number of carbonyl (C=O) groups is 2. The van der Waals surface area contributed by atoms with Crippen molar-refractivity contribution in [1.82, 2.24) is 34.0 Å². The summed E-state index contributed by atoms with van der Waals surface area (Å²) in [5.74, 6) is -2.19. The first-order chi connectivity index (χ1) is 24.1. The van der Waals surface area contributed by atoms with E-state index in [0.29, 0.717) is 18.6 Å². The number of aliphatic hydroxyl groups is 1. The van der Waals surface area contributed by atoms with E-state index in [0.717, 1.165) is 27.3 Å². The highest BCUT2D eigenvalue weighted by Crippen LogP contribution is 2.33. The van der Waals surface area contributed by atoms with Gasteiger partial charge in [-0.25, -0.2) is 9.97 Å². The molecule has 266 valence electrons. The molecule has 1 atom stereocenters. The smallest absolute Gasteiger partial charge is 0.416 e. The quantitative estimate of drug-likeness (QED) is 0.238. The Bertz CT molecular complexity index is 2120. The standard InChI is InChI=1S/C32H33BF3N9O6/c1-4-22-24(42-9-11-43(12-10-42)27(47)23-25(46)18(3)37-16-38-23)28(48)45-30(40-26(41-45)19-7-13-51-14-8-19)44(22)31(33,50)29(49)39-21-6-5-20(15-17(21)2)32(34,35)36/h5-7,15-16,46,50H,4,8-14H2,1-3H3,(H,39,49). The lowest BCUT2D eigenvalue weighted by atomic mass is 9.88. The SMILES string of the molecule is [B]C(O)(C(=O)Nc1ccc(C(F)(F)F)cc1C)n1c(CC)c(N2CCN(C(=O)c3ncnc(C)c3O)CC2)c(=O)n2nc(C3=CCOCC3)nc12. The van der Waals surface area contributed by atoms with Crippen molar-refractivity contribution in [2.24, 2.45) is 0 Å². The summed E-state index contributed by atoms with van der Waals surface area (Å²) in [5.41, 5.74) is -3.57. The van der Waals surface area contributed by atoms with Gasteiger partial charge in [-0.05, 0) is 56.0 Å². The molecule has 1 unspecified atom stereocenters. The van der Waals surface area contributed by atoms with Crippen LogP contribution in [0, 0.1) is 13.8 Å². The number of carbonyl (C=O) groups excluding carboxylic acids is 2. The van der Waals surface area contributed by atoms with E-state index in [9.17, 15) is 37.8 Å². The topological polar surface area (TPSA) is 180 Å². The summed E-state index contributed by atoms with van der Waals surface area (Å²) in [7, 11) is 6.41. The van der Waals surface area contributed by atoms with Gasteiger partial charge in [0.1, 0.15) is 12.0 Å². The highest BCUT2D eigenvalue weighted by Gasteiger charge is 2.39. The lowest BCUT2D eigenvalue weighted by Gasteiger charge is -2.38. The predicted octanol–water partition coefficient (Wildman–Crippen LogP) is 1.76. The van der Waals surface area contributed by atoms with E-state index in [4.69, 9.17) is 12.6 Å². The number of hydrogen-bond acceptors (Lipinski definition) is 11. The number of nitrogens with zero attached hydrogens (tertiary/aromatic N) is 8. The minimum absolute atomic E-state index is 0.0348. The number of anilines is 2. The summed E-state index contributed by atoms with van der Waals surface area (Å²) in [6.45, 7) is 5.69. The van der Waals surface area contributed by atoms with Crippen molar-refractivity contribution in [3.8, 4) is 5.75 Å². The van der Waals surface area contributed by atoms with Crippen LogP contribution in [0.5, 0.6) is 5.75 Å². The van der Waals surface area contributed by atoms with Crippen LogP contribution in [0.4, 0.5) is 24.5 Å². The normalized spacial score (nSPS) is 16.6. The molecule has 15 nitrogen and oxygen atoms in total. The van der Waals surface area contributed by atoms with Gasteiger partial charge in [-0.15, -0.1) is 5.10 Å². The van der Waals surface area contributed by atoms with Crippen molar-refractivity contribution < 1.29 is 37.7 Å². The number of alkyl halides is 3. The zero-order chi connectivity index (χ0) is 36.8. The number of fused-ring (bicyclic) bond motifs is 1. The number of rotatable bonds is 7. The number of halogens is 3. The first kappa shape index (κ1) is 35.5. The lowest BCUT2D eigenvalue weighted by Crippen LogP contribution is -2.53. The summed E-state index contributed by atoms with van der Waals surface area (Å²) in [4.78, 5) is 56.7. The zero-order valence-electron chi connectivity index (χ0n) is 27.9. The maximum absolute atomic E-state index is 14.2. The minimum Gasteiger partial charge on any atom is -0.504 e. The maximum Gasteiger partial charge on any atom is 0.416 e. The molecule has 0 aliphatic carbocycles. The van der Waals surface area contributed by atoms with E-state index in [-0.39, 0.29) is 90.6 Å². The molecule has 0 saturated carbocycles. The molecule has 3 aromatic heterocycles. The Kier molecular flexibility index (Phi) is 9.36. The summed E-state index contributed by atoms with van der Waals surface area (Å²) in [6.07, 6.45) is -1.21. The van der Waals surface area contributed by atoms with Crippen LogP contribution in [0.15, 0.2) is 35.4 Å². The molecule has 19 heteroatoms. The first-order valence-corrected chi connectivity index (χ1v) is 16.0. The number of ether oxygens (including phenoxy) is 1. The lowest BCUT2D eigenvalue weighted by molar-refractivity contribution is -0.137. The van der Waals surface area contributed by atoms with Crippen LogP contribution >= 0.6 is 0 Å². The highest BCUT2D eigenvalue weighted by molar-refractivity contribution is 6.27. The molecule has 0 bridgehead atoms. The van der Waals surface area contributed by atoms with E-state index >= 15 is 0 Å². The number of nitrogens with one attached hydrogen (secondary N) is 1. The molecule has 4 aromatic rings. The van der Waals surface area contributed by atoms with Crippen LogP contribution in [-0.2, 0) is 27.8 Å². The molecule has 1 saturated heterocycles. The summed E-state index contributed by atoms with van der Waals surface area (Å²) >= 11 is 0. The number of aromatic nitrogens is 6. The molecular weight excluding hydrogens is 674 g/mol. The van der Waals surface area contributed by atoms with Gasteiger partial charge in [-0.2, -0.15) is 22.7 Å². The Morgan fingerprint density at radius 1 is 1.12 bits per heavy atom. The maximum atomic E-state index is 14.2. The van der Waals surface area contributed by atoms with Crippen LogP contribution in [0.25, 0.3) is 11.4 Å². The first-order valence-electron chi connectivity index (χ1n) is 16.0. The van der Waals surface area contributed by atoms with Gasteiger partial charge in [-0.3, -0.25) is 19.0 Å². The zero-order valence-corrected chi connectivity index (χ0v) is 27.9. The second-order valence-corrected chi connectivity index (χ2v) is 12.1. The Labute approximate surface area is 289 Å². The molecule has 3 N–H and O–H groups in total. The van der Waals surface area contributed by atoms with Gasteiger partial charge in [0.05, 0.1) is 30.2 Å². The van der Waals surface area contributed by atoms with Gasteiger partial charge in [0.25, 0.3) is 17.4 Å². The number of hydrogen-bond donors (Lipinski definition) is 3. The van der Waals surface area contributed by atoms with Crippen molar-refractivity contribution in [2.45, 2.75) is 45.4 Å². The van der Waals surface area contributed by atoms with Gasteiger partial charge in [0.15, 0.2) is 30.7 Å². The molecule has 1 fully saturated rings. The third kappa shape index (κ3) is 6.53. The van der Waals surface area contributed by atoms with Gasteiger partial charge >= 0.3 is 6.18 Å². The Morgan fingerprint density at radius 2 is 1.84 bits per heavy atom. The minimum atomic E-state index is -4.61. The van der Waals surface area contributed by atoms with Crippen molar-refractivity contribution in [3.05, 3.63) is 75.0 Å². The third-order valence-electron chi connectivity index (χ3n) is 8.88. The molecule has 5 heterocycles. The van der Waals surface area contributed by atoms with Crippen molar-refractivity contribution in [1.29, 1.82) is 0 Å². The van der Waals surface area contributed by atoms with E-state index in [2.05, 4.69) is 25.4 Å². The van der Waals surface area contributed by atoms with Crippen molar-refractivity contribution in [2.75, 3.05) is 49.6 Å². The predicted molar refractivity (Wildman–Crippen MR) is 177 cm³/mol. The van der Waals surface area contributed by atoms with Crippen LogP contribution in [0.1, 0.15) is 52.2 Å². The molecule has 51 heavy (non-hydrogen) atoms. The number of aryl methyl sites for hydroxylation is 2. The van der Waals surface area contributed by atoms with Gasteiger partial charge in [0.2, 0.25) is 5.78 Å². The van der Waals surface area contributed by atoms with Crippen molar-refractivity contribution in [3.63, 3.8) is 0 Å². The van der Waals surface area contributed by atoms with E-state index in [1.807, 2.05) is 0 Å². The van der Waals surface area contributed by atoms with Gasteiger partial charge in [-0.1, -0.05) is 13.0 Å². The largest absolute Gasteiger partial charge is 0.504 e. The van der Waals surface area contributed by atoms with Crippen molar-refractivity contribution >= 4 is 42.4 Å². The number of amides is 2. The summed E-state index contributed by atoms with van der Waals surface area (Å²) in [5, 5.41) is 29.1. The fourth-order valence-corrected chi connectivity index (χ4v) is 6.11. The molecular formula is C32H33BF3N9O6. The monoisotopic (exact) mass is 707 g/mol. The number of aromatic hydroxyl groups is 1. The Balaban J connectivity index is 1.41. The highest BCUT2D eigenvalue weighted by atomic mass is 19.4. The molecule has 2 aliphatic rings. The molecule has 0 spiro atoms. The fourth-order valence-electron chi connectivity index (χ4n) is 6.11. The second-order valence-electron chi connectivity index (χ2n) is 12.1. The fraction of sp³-hybridized carbons (Fsp3) is 0.406. The van der Waals surface area contributed by atoms with Crippen LogP contribution < -0.4 is 15.8 Å². The molecule has 1 aromatic carbocycles. The van der Waals surface area contributed by atoms with E-state index in [1.54, 1.807) is 17.9 Å². The third-order valence-corrected chi connectivity index (χ3v) is 8.88. The second kappa shape index (κ2) is 13.4. The summed E-state index contributed by atoms with van der Waals surface area (Å²) < 4.78 is 47.2. The van der Waals surface area contributed by atoms with Crippen LogP contribution in [0.3, 0.4) is 0 Å². The van der Waals surface area contributed by atoms with E-state index in [1.165, 1.54) is 25.1 Å². The molecule has 2 amide bonds. The Morgan fingerprint density at radius 3 is 2.47 bits per heavy atom. The Hall–Kier alpha value is -5.30. The number of piperazine rings is 1. The number of benzene rings is 1. The summed E-state index contributed by atoms with van der Waals surface area (Å²) in [6, 6.07) is 2.69. The van der Waals surface area contributed by atoms with E-state index < -0.39 is 34.7 Å². The average molecular weight is 707 g/mol.